The summed E-state index contributed by atoms with van der Waals surface area (Å²) in [5, 5.41) is 6.85. The second kappa shape index (κ2) is 4.25. The second-order valence-electron chi connectivity index (χ2n) is 2.47. The fourth-order valence-corrected chi connectivity index (χ4v) is 0.801. The third kappa shape index (κ3) is 2.94. The Balaban J connectivity index is 2.54. The van der Waals surface area contributed by atoms with Crippen LogP contribution >= 0.6 is 0 Å². The van der Waals surface area contributed by atoms with Gasteiger partial charge in [-0.3, -0.25) is 5.41 Å². The summed E-state index contributed by atoms with van der Waals surface area (Å²) in [6, 6.07) is 8.57. The first-order chi connectivity index (χ1) is 6.20. The van der Waals surface area contributed by atoms with E-state index in [2.05, 4.69) is 0 Å². The predicted molar refractivity (Wildman–Crippen MR) is 48.6 cm³/mol. The number of ether oxygens (including phenoxy) is 1. The van der Waals surface area contributed by atoms with E-state index in [9.17, 15) is 4.79 Å². The number of carbonyl (C=O) groups excluding carboxylic acids is 1. The molecule has 1 aromatic rings. The highest BCUT2D eigenvalue weighted by Gasteiger charge is 2.05. The molecule has 68 valence electrons. The molecule has 0 fully saturated rings. The van der Waals surface area contributed by atoms with Crippen molar-refractivity contribution in [1.29, 1.82) is 5.41 Å². The van der Waals surface area contributed by atoms with Gasteiger partial charge in [-0.15, -0.1) is 0 Å². The Bertz CT molecular complexity index is 309. The zero-order valence-corrected chi connectivity index (χ0v) is 6.99. The van der Waals surface area contributed by atoms with Gasteiger partial charge in [0.1, 0.15) is 12.4 Å². The fourth-order valence-electron chi connectivity index (χ4n) is 0.801. The van der Waals surface area contributed by atoms with Gasteiger partial charge in [0.2, 0.25) is 0 Å². The van der Waals surface area contributed by atoms with E-state index in [1.54, 1.807) is 24.3 Å². The first-order valence-electron chi connectivity index (χ1n) is 3.75. The molecule has 1 rings (SSSR count). The van der Waals surface area contributed by atoms with Gasteiger partial charge < -0.3 is 10.5 Å². The van der Waals surface area contributed by atoms with Crippen LogP contribution in [0.2, 0.25) is 0 Å². The van der Waals surface area contributed by atoms with Gasteiger partial charge in [-0.05, 0) is 12.1 Å². The molecule has 0 aliphatic heterocycles. The number of carbonyl (C=O) groups is 1. The van der Waals surface area contributed by atoms with E-state index in [4.69, 9.17) is 15.9 Å². The Morgan fingerprint density at radius 1 is 1.38 bits per heavy atom. The molecule has 0 bridgehead atoms. The van der Waals surface area contributed by atoms with Crippen LogP contribution in [0.5, 0.6) is 0 Å². The van der Waals surface area contributed by atoms with Crippen molar-refractivity contribution in [3.05, 3.63) is 35.9 Å². The lowest BCUT2D eigenvalue weighted by Gasteiger charge is -2.02. The van der Waals surface area contributed by atoms with Gasteiger partial charge >= 0.3 is 5.97 Å². The molecule has 4 nitrogen and oxygen atoms in total. The lowest BCUT2D eigenvalue weighted by Crippen LogP contribution is -2.20. The van der Waals surface area contributed by atoms with Crippen molar-refractivity contribution in [2.24, 2.45) is 5.73 Å². The Labute approximate surface area is 75.8 Å². The van der Waals surface area contributed by atoms with E-state index in [0.29, 0.717) is 5.56 Å². The third-order valence-electron chi connectivity index (χ3n) is 1.37. The van der Waals surface area contributed by atoms with Crippen LogP contribution in [0.3, 0.4) is 0 Å². The highest BCUT2D eigenvalue weighted by Crippen LogP contribution is 2.00. The summed E-state index contributed by atoms with van der Waals surface area (Å²) in [5.74, 6) is -0.625. The third-order valence-corrected chi connectivity index (χ3v) is 1.37. The van der Waals surface area contributed by atoms with E-state index in [1.165, 1.54) is 0 Å². The van der Waals surface area contributed by atoms with Crippen molar-refractivity contribution in [3.8, 4) is 0 Å². The lowest BCUT2D eigenvalue weighted by molar-refractivity contribution is 0.0562. The van der Waals surface area contributed by atoms with Crippen LogP contribution in [-0.2, 0) is 4.74 Å². The molecule has 0 amide bonds. The number of hydrogen-bond donors (Lipinski definition) is 2. The van der Waals surface area contributed by atoms with Crippen LogP contribution < -0.4 is 5.73 Å². The smallest absolute Gasteiger partial charge is 0.338 e. The Kier molecular flexibility index (Phi) is 3.03. The molecule has 1 aromatic carbocycles. The summed E-state index contributed by atoms with van der Waals surface area (Å²) in [5.41, 5.74) is 5.49. The number of amidine groups is 1. The van der Waals surface area contributed by atoms with Crippen molar-refractivity contribution in [3.63, 3.8) is 0 Å². The topological polar surface area (TPSA) is 76.2 Å². The SMILES string of the molecule is N=C(N)COC(=O)c1ccccc1. The van der Waals surface area contributed by atoms with Gasteiger partial charge in [0.05, 0.1) is 5.56 Å². The van der Waals surface area contributed by atoms with E-state index >= 15 is 0 Å². The highest BCUT2D eigenvalue weighted by atomic mass is 16.5. The van der Waals surface area contributed by atoms with Crippen LogP contribution in [0.25, 0.3) is 0 Å². The Hall–Kier alpha value is -1.84. The standard InChI is InChI=1S/C9H10N2O2/c10-8(11)6-13-9(12)7-4-2-1-3-5-7/h1-5H,6H2,(H3,10,11). The van der Waals surface area contributed by atoms with Gasteiger partial charge in [-0.25, -0.2) is 4.79 Å². The summed E-state index contributed by atoms with van der Waals surface area (Å²) in [7, 11) is 0. The van der Waals surface area contributed by atoms with Gasteiger partial charge in [0, 0.05) is 0 Å². The zero-order valence-electron chi connectivity index (χ0n) is 6.99. The molecule has 0 atom stereocenters. The molecular weight excluding hydrogens is 168 g/mol. The van der Waals surface area contributed by atoms with Crippen molar-refractivity contribution in [2.75, 3.05) is 6.61 Å². The van der Waals surface area contributed by atoms with Crippen molar-refractivity contribution < 1.29 is 9.53 Å². The normalized spacial score (nSPS) is 9.23. The first kappa shape index (κ1) is 9.25. The summed E-state index contributed by atoms with van der Waals surface area (Å²) in [6.45, 7) is -0.159. The average Bonchev–Trinajstić information content (AvgIpc) is 2.15. The minimum absolute atomic E-state index is 0.159. The number of nitrogens with two attached hydrogens (primary N) is 1. The van der Waals surface area contributed by atoms with E-state index in [1.807, 2.05) is 6.07 Å². The molecule has 0 aromatic heterocycles. The van der Waals surface area contributed by atoms with Crippen molar-refractivity contribution >= 4 is 11.8 Å². The summed E-state index contributed by atoms with van der Waals surface area (Å²) in [6.07, 6.45) is 0. The zero-order chi connectivity index (χ0) is 9.68. The van der Waals surface area contributed by atoms with E-state index < -0.39 is 5.97 Å². The number of rotatable bonds is 3. The second-order valence-corrected chi connectivity index (χ2v) is 2.47. The molecule has 13 heavy (non-hydrogen) atoms. The minimum Gasteiger partial charge on any atom is -0.454 e. The molecule has 0 radical (unpaired) electrons. The molecule has 0 saturated heterocycles. The van der Waals surface area contributed by atoms with Crippen LogP contribution in [0, 0.1) is 5.41 Å². The summed E-state index contributed by atoms with van der Waals surface area (Å²) >= 11 is 0. The maximum Gasteiger partial charge on any atom is 0.338 e. The number of hydrogen-bond acceptors (Lipinski definition) is 3. The largest absolute Gasteiger partial charge is 0.454 e. The summed E-state index contributed by atoms with van der Waals surface area (Å²) in [4.78, 5) is 11.2. The van der Waals surface area contributed by atoms with Crippen LogP contribution in [0.4, 0.5) is 0 Å². The van der Waals surface area contributed by atoms with Crippen LogP contribution in [-0.4, -0.2) is 18.4 Å². The first-order valence-corrected chi connectivity index (χ1v) is 3.75. The monoisotopic (exact) mass is 178 g/mol. The van der Waals surface area contributed by atoms with Gasteiger partial charge in [-0.1, -0.05) is 18.2 Å². The Morgan fingerprint density at radius 2 is 2.00 bits per heavy atom. The quantitative estimate of drug-likeness (QED) is 0.408. The number of esters is 1. The van der Waals surface area contributed by atoms with Gasteiger partial charge in [0.15, 0.2) is 0 Å². The maximum atomic E-state index is 11.2. The highest BCUT2D eigenvalue weighted by molar-refractivity contribution is 5.91. The Morgan fingerprint density at radius 3 is 2.54 bits per heavy atom. The maximum absolute atomic E-state index is 11.2. The molecule has 0 spiro atoms. The molecule has 0 unspecified atom stereocenters. The van der Waals surface area contributed by atoms with E-state index in [-0.39, 0.29) is 12.4 Å². The molecule has 0 heterocycles. The minimum atomic E-state index is -0.462. The van der Waals surface area contributed by atoms with Crippen LogP contribution in [0.1, 0.15) is 10.4 Å². The number of benzene rings is 1. The molecule has 0 saturated carbocycles. The van der Waals surface area contributed by atoms with Gasteiger partial charge in [-0.2, -0.15) is 0 Å². The lowest BCUT2D eigenvalue weighted by atomic mass is 10.2. The van der Waals surface area contributed by atoms with E-state index in [0.717, 1.165) is 0 Å². The molecule has 4 heteroatoms. The van der Waals surface area contributed by atoms with Crippen molar-refractivity contribution in [2.45, 2.75) is 0 Å². The van der Waals surface area contributed by atoms with Gasteiger partial charge in [0.25, 0.3) is 0 Å². The van der Waals surface area contributed by atoms with Crippen molar-refractivity contribution in [1.82, 2.24) is 0 Å². The fraction of sp³-hybridized carbons (Fsp3) is 0.111. The number of nitrogens with one attached hydrogen (secondary N) is 1. The molecule has 0 aliphatic rings. The van der Waals surface area contributed by atoms with Crippen LogP contribution in [0.15, 0.2) is 30.3 Å². The molecular formula is C9H10N2O2. The predicted octanol–water partition coefficient (Wildman–Crippen LogP) is 0.779. The molecule has 0 aliphatic carbocycles. The average molecular weight is 178 g/mol. The molecule has 3 N–H and O–H groups in total. The summed E-state index contributed by atoms with van der Waals surface area (Å²) < 4.78 is 4.70.